The molecule has 0 radical (unpaired) electrons. The zero-order chi connectivity index (χ0) is 16.1. The van der Waals surface area contributed by atoms with E-state index in [9.17, 15) is 4.79 Å². The molecule has 1 aliphatic rings. The molecule has 2 rings (SSSR count). The Morgan fingerprint density at radius 3 is 2.95 bits per heavy atom. The van der Waals surface area contributed by atoms with Crippen molar-refractivity contribution in [2.45, 2.75) is 51.6 Å². The number of hydrogen-bond donors (Lipinski definition) is 1. The van der Waals surface area contributed by atoms with Crippen molar-refractivity contribution >= 4 is 21.8 Å². The van der Waals surface area contributed by atoms with Crippen molar-refractivity contribution in [1.29, 1.82) is 0 Å². The summed E-state index contributed by atoms with van der Waals surface area (Å²) < 4.78 is 6.65. The van der Waals surface area contributed by atoms with Crippen molar-refractivity contribution in [2.24, 2.45) is 5.73 Å². The fourth-order valence-electron chi connectivity index (χ4n) is 2.93. The molecule has 5 heteroatoms. The lowest BCUT2D eigenvalue weighted by molar-refractivity contribution is -0.135. The number of nitrogens with zero attached hydrogens (tertiary/aromatic N) is 1. The number of nitrogens with two attached hydrogens (primary N) is 1. The van der Waals surface area contributed by atoms with Crippen molar-refractivity contribution in [2.75, 3.05) is 13.2 Å². The predicted octanol–water partition coefficient (Wildman–Crippen LogP) is 3.25. The third-order valence-corrected chi connectivity index (χ3v) is 4.76. The van der Waals surface area contributed by atoms with Crippen LogP contribution >= 0.6 is 15.9 Å². The number of hydrogen-bond acceptors (Lipinski definition) is 3. The molecule has 1 heterocycles. The lowest BCUT2D eigenvalue weighted by atomic mass is 9.96. The van der Waals surface area contributed by atoms with Crippen LogP contribution in [0.4, 0.5) is 0 Å². The quantitative estimate of drug-likeness (QED) is 0.867. The molecule has 2 N–H and O–H groups in total. The van der Waals surface area contributed by atoms with E-state index in [1.165, 1.54) is 5.56 Å². The van der Waals surface area contributed by atoms with E-state index in [0.29, 0.717) is 13.0 Å². The maximum Gasteiger partial charge on any atom is 0.226 e. The number of likely N-dealkylation sites (tertiary alicyclic amines) is 1. The maximum absolute atomic E-state index is 12.4. The lowest BCUT2D eigenvalue weighted by Crippen LogP contribution is -2.51. The summed E-state index contributed by atoms with van der Waals surface area (Å²) in [6.45, 7) is 5.22. The molecule has 122 valence electrons. The van der Waals surface area contributed by atoms with Gasteiger partial charge in [0.2, 0.25) is 5.91 Å². The van der Waals surface area contributed by atoms with E-state index in [1.54, 1.807) is 0 Å². The number of carbonyl (C=O) groups is 1. The summed E-state index contributed by atoms with van der Waals surface area (Å²) in [5.41, 5.74) is 7.19. The Kier molecular flexibility index (Phi) is 6.26. The Morgan fingerprint density at radius 2 is 2.27 bits per heavy atom. The van der Waals surface area contributed by atoms with Crippen LogP contribution in [0.1, 0.15) is 38.2 Å². The smallest absolute Gasteiger partial charge is 0.226 e. The molecular formula is C17H25BrN2O2. The Bertz CT molecular complexity index is 519. The van der Waals surface area contributed by atoms with E-state index in [2.05, 4.69) is 15.9 Å². The van der Waals surface area contributed by atoms with Gasteiger partial charge in [-0.25, -0.2) is 0 Å². The molecule has 0 aromatic heterocycles. The van der Waals surface area contributed by atoms with Crippen LogP contribution in [-0.4, -0.2) is 36.0 Å². The average Bonchev–Trinajstić information content (AvgIpc) is 2.49. The lowest BCUT2D eigenvalue weighted by Gasteiger charge is -2.38. The second-order valence-corrected chi connectivity index (χ2v) is 6.90. The highest BCUT2D eigenvalue weighted by molar-refractivity contribution is 9.10. The van der Waals surface area contributed by atoms with Crippen molar-refractivity contribution in [1.82, 2.24) is 4.90 Å². The molecule has 2 unspecified atom stereocenters. The highest BCUT2D eigenvalue weighted by Gasteiger charge is 2.28. The van der Waals surface area contributed by atoms with E-state index in [1.807, 2.05) is 36.9 Å². The molecule has 1 fully saturated rings. The molecule has 4 nitrogen and oxygen atoms in total. The van der Waals surface area contributed by atoms with Gasteiger partial charge in [-0.3, -0.25) is 4.79 Å². The molecule has 0 aliphatic carbocycles. The first kappa shape index (κ1) is 17.3. The summed E-state index contributed by atoms with van der Waals surface area (Å²) in [5, 5.41) is 0. The zero-order valence-corrected chi connectivity index (χ0v) is 14.9. The number of amides is 1. The minimum absolute atomic E-state index is 0.0245. The molecular weight excluding hydrogens is 344 g/mol. The summed E-state index contributed by atoms with van der Waals surface area (Å²) in [7, 11) is 0. The first-order valence-corrected chi connectivity index (χ1v) is 8.72. The largest absolute Gasteiger partial charge is 0.492 e. The average molecular weight is 369 g/mol. The molecule has 22 heavy (non-hydrogen) atoms. The van der Waals surface area contributed by atoms with Gasteiger partial charge in [-0.05, 0) is 66.7 Å². The van der Waals surface area contributed by atoms with Gasteiger partial charge in [0, 0.05) is 18.6 Å². The summed E-state index contributed by atoms with van der Waals surface area (Å²) in [6.07, 6.45) is 3.62. The normalized spacial score (nSPS) is 19.8. The number of carbonyl (C=O) groups excluding carboxylic acids is 1. The molecule has 1 aromatic carbocycles. The van der Waals surface area contributed by atoms with Crippen molar-refractivity contribution in [3.05, 3.63) is 28.2 Å². The van der Waals surface area contributed by atoms with E-state index >= 15 is 0 Å². The van der Waals surface area contributed by atoms with Gasteiger partial charge in [0.15, 0.2) is 0 Å². The summed E-state index contributed by atoms with van der Waals surface area (Å²) in [6, 6.07) is 6.13. The van der Waals surface area contributed by atoms with Gasteiger partial charge in [0.1, 0.15) is 5.75 Å². The predicted molar refractivity (Wildman–Crippen MR) is 92.0 cm³/mol. The minimum Gasteiger partial charge on any atom is -0.492 e. The molecule has 1 saturated heterocycles. The van der Waals surface area contributed by atoms with Gasteiger partial charge < -0.3 is 15.4 Å². The zero-order valence-electron chi connectivity index (χ0n) is 13.3. The SMILES string of the molecule is Cc1ccc(OCCC(=O)N2CCCCC2C(C)N)c(Br)c1. The Balaban J connectivity index is 1.86. The third kappa shape index (κ3) is 4.46. The maximum atomic E-state index is 12.4. The fourth-order valence-corrected chi connectivity index (χ4v) is 3.54. The van der Waals surface area contributed by atoms with Gasteiger partial charge in [-0.1, -0.05) is 6.07 Å². The molecule has 2 atom stereocenters. The van der Waals surface area contributed by atoms with Crippen LogP contribution < -0.4 is 10.5 Å². The van der Waals surface area contributed by atoms with Gasteiger partial charge in [-0.2, -0.15) is 0 Å². The van der Waals surface area contributed by atoms with Crippen molar-refractivity contribution in [3.8, 4) is 5.75 Å². The van der Waals surface area contributed by atoms with Crippen LogP contribution in [0.2, 0.25) is 0 Å². The van der Waals surface area contributed by atoms with E-state index < -0.39 is 0 Å². The highest BCUT2D eigenvalue weighted by Crippen LogP contribution is 2.26. The molecule has 0 saturated carbocycles. The second kappa shape index (κ2) is 7.97. The van der Waals surface area contributed by atoms with Gasteiger partial charge >= 0.3 is 0 Å². The number of aryl methyl sites for hydroxylation is 1. The topological polar surface area (TPSA) is 55.6 Å². The standard InChI is InChI=1S/C17H25BrN2O2/c1-12-6-7-16(14(18)11-12)22-10-8-17(21)20-9-4-3-5-15(20)13(2)19/h6-7,11,13,15H,3-5,8-10,19H2,1-2H3. The number of piperidine rings is 1. The molecule has 1 aromatic rings. The van der Waals surface area contributed by atoms with Crippen LogP contribution in [0.5, 0.6) is 5.75 Å². The number of benzene rings is 1. The molecule has 0 spiro atoms. The second-order valence-electron chi connectivity index (χ2n) is 6.04. The van der Waals surface area contributed by atoms with E-state index in [-0.39, 0.29) is 18.0 Å². The number of ether oxygens (including phenoxy) is 1. The van der Waals surface area contributed by atoms with Crippen molar-refractivity contribution in [3.63, 3.8) is 0 Å². The van der Waals surface area contributed by atoms with Gasteiger partial charge in [0.25, 0.3) is 0 Å². The summed E-state index contributed by atoms with van der Waals surface area (Å²) in [5.74, 6) is 0.922. The Labute approximate surface area is 141 Å². The van der Waals surface area contributed by atoms with Crippen LogP contribution in [0.15, 0.2) is 22.7 Å². The number of rotatable bonds is 5. The van der Waals surface area contributed by atoms with E-state index in [4.69, 9.17) is 10.5 Å². The number of halogens is 1. The first-order valence-electron chi connectivity index (χ1n) is 7.93. The Hall–Kier alpha value is -1.07. The minimum atomic E-state index is 0.0245. The van der Waals surface area contributed by atoms with Crippen LogP contribution in [-0.2, 0) is 4.79 Å². The highest BCUT2D eigenvalue weighted by atomic mass is 79.9. The van der Waals surface area contributed by atoms with E-state index in [0.717, 1.165) is 36.0 Å². The van der Waals surface area contributed by atoms with Crippen LogP contribution in [0, 0.1) is 6.92 Å². The van der Waals surface area contributed by atoms with Crippen LogP contribution in [0.3, 0.4) is 0 Å². The molecule has 1 amide bonds. The van der Waals surface area contributed by atoms with Crippen LogP contribution in [0.25, 0.3) is 0 Å². The van der Waals surface area contributed by atoms with Crippen molar-refractivity contribution < 1.29 is 9.53 Å². The summed E-state index contributed by atoms with van der Waals surface area (Å²) in [4.78, 5) is 14.4. The van der Waals surface area contributed by atoms with Gasteiger partial charge in [-0.15, -0.1) is 0 Å². The first-order chi connectivity index (χ1) is 10.5. The third-order valence-electron chi connectivity index (χ3n) is 4.14. The van der Waals surface area contributed by atoms with Gasteiger partial charge in [0.05, 0.1) is 17.5 Å². The summed E-state index contributed by atoms with van der Waals surface area (Å²) >= 11 is 3.48. The molecule has 1 aliphatic heterocycles. The fraction of sp³-hybridized carbons (Fsp3) is 0.588. The molecule has 0 bridgehead atoms. The monoisotopic (exact) mass is 368 g/mol. The Morgan fingerprint density at radius 1 is 1.50 bits per heavy atom.